The van der Waals surface area contributed by atoms with Gasteiger partial charge in [-0.1, -0.05) is 27.7 Å². The topological polar surface area (TPSA) is 86.7 Å². The van der Waals surface area contributed by atoms with Gasteiger partial charge in [-0.2, -0.15) is 0 Å². The van der Waals surface area contributed by atoms with Crippen LogP contribution in [0.25, 0.3) is 0 Å². The molecule has 0 aromatic rings. The second-order valence-corrected chi connectivity index (χ2v) is 9.56. The standard InChI is InChI=1S/C17H32O6S/c1-11(2)8-13(5)22-16(18)10-15(24(7,20)21)17(19)23-14(6)9-12(3)4/h11-15H,8-10H2,1-7H3. The maximum atomic E-state index is 12.2. The maximum Gasteiger partial charge on any atom is 0.325 e. The molecule has 0 radical (unpaired) electrons. The molecule has 3 atom stereocenters. The van der Waals surface area contributed by atoms with Crippen LogP contribution >= 0.6 is 0 Å². The zero-order valence-corrected chi connectivity index (χ0v) is 16.7. The number of rotatable bonds is 10. The molecule has 0 fully saturated rings. The van der Waals surface area contributed by atoms with Gasteiger partial charge in [-0.05, 0) is 38.5 Å². The van der Waals surface area contributed by atoms with E-state index in [0.29, 0.717) is 24.7 Å². The number of carbonyl (C=O) groups excluding carboxylic acids is 2. The van der Waals surface area contributed by atoms with Crippen LogP contribution in [0.15, 0.2) is 0 Å². The number of esters is 2. The molecule has 0 bridgehead atoms. The van der Waals surface area contributed by atoms with E-state index in [9.17, 15) is 18.0 Å². The van der Waals surface area contributed by atoms with Crippen molar-refractivity contribution < 1.29 is 27.5 Å². The molecule has 0 amide bonds. The summed E-state index contributed by atoms with van der Waals surface area (Å²) in [6.45, 7) is 11.4. The number of hydrogen-bond acceptors (Lipinski definition) is 6. The van der Waals surface area contributed by atoms with E-state index in [-0.39, 0.29) is 6.10 Å². The quantitative estimate of drug-likeness (QED) is 0.554. The highest BCUT2D eigenvalue weighted by Gasteiger charge is 2.35. The molecule has 0 spiro atoms. The summed E-state index contributed by atoms with van der Waals surface area (Å²) < 4.78 is 34.1. The Labute approximate surface area is 146 Å². The molecular weight excluding hydrogens is 332 g/mol. The molecule has 0 saturated carbocycles. The van der Waals surface area contributed by atoms with E-state index in [1.54, 1.807) is 13.8 Å². The summed E-state index contributed by atoms with van der Waals surface area (Å²) in [6.07, 6.45) is 0.973. The SMILES string of the molecule is CC(C)CC(C)OC(=O)CC(C(=O)OC(C)CC(C)C)S(C)(=O)=O. The first kappa shape index (κ1) is 22.9. The summed E-state index contributed by atoms with van der Waals surface area (Å²) in [5.74, 6) is -0.933. The zero-order chi connectivity index (χ0) is 19.1. The fraction of sp³-hybridized carbons (Fsp3) is 0.882. The van der Waals surface area contributed by atoms with Crippen molar-refractivity contribution in [2.75, 3.05) is 6.26 Å². The Morgan fingerprint density at radius 1 is 0.833 bits per heavy atom. The molecule has 0 rings (SSSR count). The summed E-state index contributed by atoms with van der Waals surface area (Å²) in [4.78, 5) is 24.1. The summed E-state index contributed by atoms with van der Waals surface area (Å²) in [7, 11) is -3.77. The first-order valence-electron chi connectivity index (χ1n) is 8.41. The van der Waals surface area contributed by atoms with Crippen molar-refractivity contribution >= 4 is 21.8 Å². The summed E-state index contributed by atoms with van der Waals surface area (Å²) in [6, 6.07) is 0. The van der Waals surface area contributed by atoms with Gasteiger partial charge in [0.2, 0.25) is 0 Å². The van der Waals surface area contributed by atoms with Crippen molar-refractivity contribution in [3.05, 3.63) is 0 Å². The van der Waals surface area contributed by atoms with Gasteiger partial charge in [0, 0.05) is 6.26 Å². The van der Waals surface area contributed by atoms with Crippen LogP contribution in [0.4, 0.5) is 0 Å². The smallest absolute Gasteiger partial charge is 0.325 e. The van der Waals surface area contributed by atoms with Crippen LogP contribution in [0.2, 0.25) is 0 Å². The van der Waals surface area contributed by atoms with Crippen molar-refractivity contribution in [2.24, 2.45) is 11.8 Å². The van der Waals surface area contributed by atoms with Gasteiger partial charge in [0.25, 0.3) is 0 Å². The molecule has 3 unspecified atom stereocenters. The predicted octanol–water partition coefficient (Wildman–Crippen LogP) is 2.75. The molecule has 0 aliphatic carbocycles. The van der Waals surface area contributed by atoms with Crippen molar-refractivity contribution in [2.45, 2.75) is 78.3 Å². The van der Waals surface area contributed by atoms with E-state index in [1.807, 2.05) is 27.7 Å². The fourth-order valence-electron chi connectivity index (χ4n) is 2.53. The molecule has 0 aliphatic heterocycles. The molecule has 0 aromatic heterocycles. The first-order valence-corrected chi connectivity index (χ1v) is 10.4. The number of carbonyl (C=O) groups is 2. The highest BCUT2D eigenvalue weighted by atomic mass is 32.2. The average molecular weight is 365 g/mol. The van der Waals surface area contributed by atoms with Crippen molar-refractivity contribution in [3.8, 4) is 0 Å². The normalized spacial score (nSPS) is 15.9. The Kier molecular flexibility index (Phi) is 9.55. The van der Waals surface area contributed by atoms with E-state index >= 15 is 0 Å². The monoisotopic (exact) mass is 364 g/mol. The maximum absolute atomic E-state index is 12.2. The van der Waals surface area contributed by atoms with Crippen LogP contribution in [0.3, 0.4) is 0 Å². The molecule has 7 heteroatoms. The van der Waals surface area contributed by atoms with Gasteiger partial charge in [-0.25, -0.2) is 8.42 Å². The molecule has 0 aliphatic rings. The van der Waals surface area contributed by atoms with Crippen LogP contribution in [-0.2, 0) is 28.9 Å². The minimum absolute atomic E-state index is 0.311. The molecule has 0 aromatic carbocycles. The van der Waals surface area contributed by atoms with Crippen LogP contribution < -0.4 is 0 Å². The Hall–Kier alpha value is -1.11. The summed E-state index contributed by atoms with van der Waals surface area (Å²) >= 11 is 0. The first-order chi connectivity index (χ1) is 10.8. The molecule has 6 nitrogen and oxygen atoms in total. The minimum Gasteiger partial charge on any atom is -0.463 e. The predicted molar refractivity (Wildman–Crippen MR) is 93.3 cm³/mol. The number of hydrogen-bond donors (Lipinski definition) is 0. The lowest BCUT2D eigenvalue weighted by Gasteiger charge is -2.20. The van der Waals surface area contributed by atoms with Crippen LogP contribution in [-0.4, -0.2) is 44.1 Å². The third-order valence-electron chi connectivity index (χ3n) is 3.39. The Morgan fingerprint density at radius 2 is 1.25 bits per heavy atom. The van der Waals surface area contributed by atoms with Gasteiger partial charge in [-0.15, -0.1) is 0 Å². The molecular formula is C17H32O6S. The lowest BCUT2D eigenvalue weighted by Crippen LogP contribution is -2.36. The van der Waals surface area contributed by atoms with Crippen molar-refractivity contribution in [3.63, 3.8) is 0 Å². The van der Waals surface area contributed by atoms with E-state index in [1.165, 1.54) is 0 Å². The Balaban J connectivity index is 4.85. The molecule has 24 heavy (non-hydrogen) atoms. The van der Waals surface area contributed by atoms with E-state index < -0.39 is 39.6 Å². The van der Waals surface area contributed by atoms with E-state index in [2.05, 4.69) is 0 Å². The van der Waals surface area contributed by atoms with Gasteiger partial charge >= 0.3 is 11.9 Å². The van der Waals surface area contributed by atoms with E-state index in [0.717, 1.165) is 6.26 Å². The van der Waals surface area contributed by atoms with E-state index in [4.69, 9.17) is 9.47 Å². The molecule has 142 valence electrons. The van der Waals surface area contributed by atoms with Crippen LogP contribution in [0.5, 0.6) is 0 Å². The lowest BCUT2D eigenvalue weighted by molar-refractivity contribution is -0.155. The third kappa shape index (κ3) is 9.90. The highest BCUT2D eigenvalue weighted by molar-refractivity contribution is 7.92. The van der Waals surface area contributed by atoms with Gasteiger partial charge in [0.05, 0.1) is 18.6 Å². The minimum atomic E-state index is -3.77. The van der Waals surface area contributed by atoms with Crippen molar-refractivity contribution in [1.29, 1.82) is 0 Å². The average Bonchev–Trinajstić information content (AvgIpc) is 2.31. The second-order valence-electron chi connectivity index (χ2n) is 7.33. The lowest BCUT2D eigenvalue weighted by atomic mass is 10.1. The summed E-state index contributed by atoms with van der Waals surface area (Å²) in [5, 5.41) is -1.52. The summed E-state index contributed by atoms with van der Waals surface area (Å²) in [5.41, 5.74) is 0. The molecule has 0 heterocycles. The van der Waals surface area contributed by atoms with Crippen LogP contribution in [0.1, 0.15) is 60.8 Å². The largest absolute Gasteiger partial charge is 0.463 e. The Bertz CT molecular complexity index is 509. The third-order valence-corrected chi connectivity index (χ3v) is 4.78. The molecule has 0 N–H and O–H groups in total. The van der Waals surface area contributed by atoms with Gasteiger partial charge in [-0.3, -0.25) is 9.59 Å². The van der Waals surface area contributed by atoms with Crippen LogP contribution in [0, 0.1) is 11.8 Å². The zero-order valence-electron chi connectivity index (χ0n) is 15.9. The highest BCUT2D eigenvalue weighted by Crippen LogP contribution is 2.15. The fourth-order valence-corrected chi connectivity index (χ4v) is 3.38. The Morgan fingerprint density at radius 3 is 1.62 bits per heavy atom. The number of ether oxygens (including phenoxy) is 2. The van der Waals surface area contributed by atoms with Crippen molar-refractivity contribution in [1.82, 2.24) is 0 Å². The van der Waals surface area contributed by atoms with Gasteiger partial charge < -0.3 is 9.47 Å². The molecule has 0 saturated heterocycles. The second kappa shape index (κ2) is 10.0. The van der Waals surface area contributed by atoms with Gasteiger partial charge in [0.15, 0.2) is 15.1 Å². The number of sulfone groups is 1. The van der Waals surface area contributed by atoms with Gasteiger partial charge in [0.1, 0.15) is 0 Å².